The van der Waals surface area contributed by atoms with Gasteiger partial charge < -0.3 is 10.1 Å². The van der Waals surface area contributed by atoms with E-state index in [9.17, 15) is 4.79 Å². The van der Waals surface area contributed by atoms with E-state index in [0.29, 0.717) is 6.54 Å². The van der Waals surface area contributed by atoms with Crippen LogP contribution in [-0.4, -0.2) is 23.6 Å². The van der Waals surface area contributed by atoms with Gasteiger partial charge in [-0.15, -0.1) is 0 Å². The minimum absolute atomic E-state index is 0.0602. The molecule has 2 rings (SSSR count). The summed E-state index contributed by atoms with van der Waals surface area (Å²) in [6.07, 6.45) is 1.82. The van der Waals surface area contributed by atoms with Gasteiger partial charge in [0.05, 0.1) is 11.6 Å². The van der Waals surface area contributed by atoms with E-state index in [1.807, 2.05) is 44.2 Å². The third-order valence-corrected chi connectivity index (χ3v) is 2.74. The summed E-state index contributed by atoms with van der Waals surface area (Å²) >= 11 is 0. The van der Waals surface area contributed by atoms with Crippen LogP contribution in [0.4, 0.5) is 0 Å². The summed E-state index contributed by atoms with van der Waals surface area (Å²) in [5.74, 6) is -0.110. The molecule has 0 saturated carbocycles. The monoisotopic (exact) mass is 258 g/mol. The first-order chi connectivity index (χ1) is 9.16. The topological polar surface area (TPSA) is 51.2 Å². The van der Waals surface area contributed by atoms with Crippen LogP contribution in [0, 0.1) is 0 Å². The lowest BCUT2D eigenvalue weighted by molar-refractivity contribution is -0.127. The van der Waals surface area contributed by atoms with Gasteiger partial charge in [0, 0.05) is 18.1 Å². The van der Waals surface area contributed by atoms with Crippen molar-refractivity contribution < 1.29 is 9.53 Å². The van der Waals surface area contributed by atoms with Gasteiger partial charge >= 0.3 is 0 Å². The number of para-hydroxylation sites is 1. The lowest BCUT2D eigenvalue weighted by Crippen LogP contribution is -2.28. The summed E-state index contributed by atoms with van der Waals surface area (Å²) in [6.45, 7) is 4.37. The van der Waals surface area contributed by atoms with Crippen LogP contribution in [0.5, 0.6) is 0 Å². The number of aromatic nitrogens is 1. The zero-order valence-electron chi connectivity index (χ0n) is 11.2. The molecule has 0 aliphatic carbocycles. The van der Waals surface area contributed by atoms with E-state index < -0.39 is 0 Å². The molecule has 0 saturated heterocycles. The highest BCUT2D eigenvalue weighted by molar-refractivity contribution is 5.82. The average Bonchev–Trinajstić information content (AvgIpc) is 2.42. The van der Waals surface area contributed by atoms with Crippen LogP contribution in [-0.2, 0) is 16.1 Å². The van der Waals surface area contributed by atoms with E-state index in [0.717, 1.165) is 16.5 Å². The molecule has 4 nitrogen and oxygen atoms in total. The van der Waals surface area contributed by atoms with E-state index in [-0.39, 0.29) is 18.6 Å². The Balaban J connectivity index is 2.00. The molecule has 0 unspecified atom stereocenters. The van der Waals surface area contributed by atoms with E-state index in [2.05, 4.69) is 10.3 Å². The molecule has 0 fully saturated rings. The highest BCUT2D eigenvalue weighted by Gasteiger charge is 2.05. The molecule has 2 aromatic rings. The first-order valence-corrected chi connectivity index (χ1v) is 6.38. The van der Waals surface area contributed by atoms with Crippen LogP contribution >= 0.6 is 0 Å². The average molecular weight is 258 g/mol. The highest BCUT2D eigenvalue weighted by Crippen LogP contribution is 2.15. The number of hydrogen-bond donors (Lipinski definition) is 1. The Labute approximate surface area is 112 Å². The van der Waals surface area contributed by atoms with E-state index >= 15 is 0 Å². The number of carbonyl (C=O) groups is 1. The minimum atomic E-state index is -0.110. The fourth-order valence-electron chi connectivity index (χ4n) is 1.80. The van der Waals surface area contributed by atoms with Gasteiger partial charge in [-0.2, -0.15) is 0 Å². The molecule has 4 heteroatoms. The van der Waals surface area contributed by atoms with Gasteiger partial charge in [0.2, 0.25) is 5.91 Å². The molecule has 1 aromatic carbocycles. The van der Waals surface area contributed by atoms with Crippen LogP contribution < -0.4 is 5.32 Å². The van der Waals surface area contributed by atoms with Crippen molar-refractivity contribution in [3.8, 4) is 0 Å². The number of nitrogens with zero attached hydrogens (tertiary/aromatic N) is 1. The van der Waals surface area contributed by atoms with Gasteiger partial charge in [0.1, 0.15) is 6.61 Å². The highest BCUT2D eigenvalue weighted by atomic mass is 16.5. The van der Waals surface area contributed by atoms with Crippen molar-refractivity contribution in [2.45, 2.75) is 26.5 Å². The zero-order valence-corrected chi connectivity index (χ0v) is 11.2. The molecule has 0 spiro atoms. The van der Waals surface area contributed by atoms with Gasteiger partial charge in [-0.1, -0.05) is 24.3 Å². The molecule has 19 heavy (non-hydrogen) atoms. The molecule has 1 N–H and O–H groups in total. The van der Waals surface area contributed by atoms with E-state index in [1.54, 1.807) is 6.20 Å². The van der Waals surface area contributed by atoms with E-state index in [4.69, 9.17) is 4.74 Å². The number of ether oxygens (including phenoxy) is 1. The molecule has 0 atom stereocenters. The fraction of sp³-hybridized carbons (Fsp3) is 0.333. The molecule has 0 aliphatic rings. The second kappa shape index (κ2) is 6.29. The Hall–Kier alpha value is -1.94. The minimum Gasteiger partial charge on any atom is -0.369 e. The number of amides is 1. The van der Waals surface area contributed by atoms with Gasteiger partial charge in [0.25, 0.3) is 0 Å². The van der Waals surface area contributed by atoms with Gasteiger partial charge in [-0.25, -0.2) is 0 Å². The van der Waals surface area contributed by atoms with Crippen molar-refractivity contribution in [3.05, 3.63) is 42.1 Å². The fourth-order valence-corrected chi connectivity index (χ4v) is 1.80. The number of carbonyl (C=O) groups excluding carboxylic acids is 1. The predicted molar refractivity (Wildman–Crippen MR) is 74.7 cm³/mol. The van der Waals surface area contributed by atoms with Crippen LogP contribution in [0.15, 0.2) is 36.5 Å². The maximum atomic E-state index is 11.6. The van der Waals surface area contributed by atoms with Crippen molar-refractivity contribution >= 4 is 16.8 Å². The number of pyridine rings is 1. The van der Waals surface area contributed by atoms with Gasteiger partial charge in [-0.05, 0) is 25.5 Å². The van der Waals surface area contributed by atoms with Crippen LogP contribution in [0.25, 0.3) is 10.9 Å². The molecule has 1 heterocycles. The quantitative estimate of drug-likeness (QED) is 0.895. The zero-order chi connectivity index (χ0) is 13.7. The molecule has 1 amide bonds. The number of nitrogens with one attached hydrogen (secondary N) is 1. The van der Waals surface area contributed by atoms with Crippen molar-refractivity contribution in [3.63, 3.8) is 0 Å². The SMILES string of the molecule is CC(C)OCC(=O)NCc1cccc2cccnc12. The molecular weight excluding hydrogens is 240 g/mol. The number of fused-ring (bicyclic) bond motifs is 1. The third-order valence-electron chi connectivity index (χ3n) is 2.74. The van der Waals surface area contributed by atoms with Crippen LogP contribution in [0.3, 0.4) is 0 Å². The predicted octanol–water partition coefficient (Wildman–Crippen LogP) is 2.28. The summed E-state index contributed by atoms with van der Waals surface area (Å²) in [5.41, 5.74) is 1.94. The molecule has 1 aromatic heterocycles. The maximum absolute atomic E-state index is 11.6. The largest absolute Gasteiger partial charge is 0.369 e. The Morgan fingerprint density at radius 1 is 1.32 bits per heavy atom. The lowest BCUT2D eigenvalue weighted by atomic mass is 10.1. The lowest BCUT2D eigenvalue weighted by Gasteiger charge is -2.09. The van der Waals surface area contributed by atoms with Crippen molar-refractivity contribution in [2.24, 2.45) is 0 Å². The first kappa shape index (κ1) is 13.5. The van der Waals surface area contributed by atoms with Crippen LogP contribution in [0.1, 0.15) is 19.4 Å². The summed E-state index contributed by atoms with van der Waals surface area (Å²) in [4.78, 5) is 16.0. The second-order valence-electron chi connectivity index (χ2n) is 4.63. The van der Waals surface area contributed by atoms with Crippen molar-refractivity contribution in [1.29, 1.82) is 0 Å². The van der Waals surface area contributed by atoms with Gasteiger partial charge in [0.15, 0.2) is 0 Å². The number of hydrogen-bond acceptors (Lipinski definition) is 3. The smallest absolute Gasteiger partial charge is 0.246 e. The van der Waals surface area contributed by atoms with Crippen molar-refractivity contribution in [1.82, 2.24) is 10.3 Å². The molecule has 100 valence electrons. The first-order valence-electron chi connectivity index (χ1n) is 6.38. The van der Waals surface area contributed by atoms with E-state index in [1.165, 1.54) is 0 Å². The van der Waals surface area contributed by atoms with Crippen molar-refractivity contribution in [2.75, 3.05) is 6.61 Å². The summed E-state index contributed by atoms with van der Waals surface area (Å²) < 4.78 is 5.25. The Morgan fingerprint density at radius 3 is 2.89 bits per heavy atom. The number of benzene rings is 1. The summed E-state index contributed by atoms with van der Waals surface area (Å²) in [6, 6.07) is 9.86. The number of rotatable bonds is 5. The molecule has 0 bridgehead atoms. The Bertz CT molecular complexity index is 562. The Kier molecular flexibility index (Phi) is 4.47. The molecular formula is C15H18N2O2. The normalized spacial score (nSPS) is 10.9. The summed E-state index contributed by atoms with van der Waals surface area (Å²) in [5, 5.41) is 3.92. The third kappa shape index (κ3) is 3.76. The maximum Gasteiger partial charge on any atom is 0.246 e. The van der Waals surface area contributed by atoms with Gasteiger partial charge in [-0.3, -0.25) is 9.78 Å². The standard InChI is InChI=1S/C15H18N2O2/c1-11(2)19-10-14(18)17-9-13-6-3-5-12-7-4-8-16-15(12)13/h3-8,11H,9-10H2,1-2H3,(H,17,18). The summed E-state index contributed by atoms with van der Waals surface area (Å²) in [7, 11) is 0. The Morgan fingerprint density at radius 2 is 2.11 bits per heavy atom. The second-order valence-corrected chi connectivity index (χ2v) is 4.63. The molecule has 0 radical (unpaired) electrons. The van der Waals surface area contributed by atoms with Crippen LogP contribution in [0.2, 0.25) is 0 Å². The molecule has 0 aliphatic heterocycles.